The van der Waals surface area contributed by atoms with Crippen molar-refractivity contribution in [3.05, 3.63) is 69.9 Å². The van der Waals surface area contributed by atoms with Crippen molar-refractivity contribution < 1.29 is 23.7 Å². The Hall–Kier alpha value is -4.12. The molecule has 4 rings (SSSR count). The summed E-state index contributed by atoms with van der Waals surface area (Å²) in [5, 5.41) is 15.4. The molecule has 4 aromatic rings. The first-order valence-corrected chi connectivity index (χ1v) is 9.38. The third-order valence-electron chi connectivity index (χ3n) is 4.00. The van der Waals surface area contributed by atoms with Crippen LogP contribution in [0.5, 0.6) is 0 Å². The molecule has 10 nitrogen and oxygen atoms in total. The van der Waals surface area contributed by atoms with E-state index in [-0.39, 0.29) is 16.4 Å². The van der Waals surface area contributed by atoms with Gasteiger partial charge in [0, 0.05) is 23.1 Å². The van der Waals surface area contributed by atoms with Gasteiger partial charge in [-0.1, -0.05) is 12.1 Å². The number of esters is 1. The third-order valence-corrected chi connectivity index (χ3v) is 4.76. The van der Waals surface area contributed by atoms with Crippen molar-refractivity contribution in [2.45, 2.75) is 0 Å². The Morgan fingerprint density at radius 3 is 2.93 bits per heavy atom. The Bertz CT molecular complexity index is 1260. The number of nitro benzene ring substituents is 1. The normalized spacial score (nSPS) is 10.7. The number of carbonyl (C=O) groups excluding carboxylic acids is 2. The fourth-order valence-electron chi connectivity index (χ4n) is 2.60. The van der Waals surface area contributed by atoms with Crippen LogP contribution in [-0.2, 0) is 9.53 Å². The van der Waals surface area contributed by atoms with Crippen LogP contribution >= 0.6 is 11.3 Å². The summed E-state index contributed by atoms with van der Waals surface area (Å²) in [6.07, 6.45) is 1.27. The molecule has 0 bridgehead atoms. The second-order valence-corrected chi connectivity index (χ2v) is 6.86. The van der Waals surface area contributed by atoms with Crippen LogP contribution in [0.15, 0.2) is 58.7 Å². The highest BCUT2D eigenvalue weighted by Gasteiger charge is 2.14. The van der Waals surface area contributed by atoms with Crippen LogP contribution in [0.3, 0.4) is 0 Å². The minimum atomic E-state index is -0.675. The summed E-state index contributed by atoms with van der Waals surface area (Å²) in [4.78, 5) is 42.8. The second kappa shape index (κ2) is 8.09. The molecule has 2 aromatic heterocycles. The molecule has 11 heteroatoms. The Balaban J connectivity index is 1.36. The number of benzene rings is 2. The van der Waals surface area contributed by atoms with Crippen LogP contribution in [0.1, 0.15) is 10.4 Å². The molecule has 30 heavy (non-hydrogen) atoms. The number of carbonyl (C=O) groups is 2. The van der Waals surface area contributed by atoms with Gasteiger partial charge in [0.25, 0.3) is 11.6 Å². The number of oxazole rings is 1. The fourth-order valence-corrected chi connectivity index (χ4v) is 3.33. The Labute approximate surface area is 172 Å². The average molecular weight is 424 g/mol. The van der Waals surface area contributed by atoms with Crippen LogP contribution in [0.4, 0.5) is 10.8 Å². The summed E-state index contributed by atoms with van der Waals surface area (Å²) in [6, 6.07) is 10.6. The monoisotopic (exact) mass is 424 g/mol. The van der Waals surface area contributed by atoms with Crippen molar-refractivity contribution in [1.29, 1.82) is 0 Å². The molecule has 1 amide bonds. The number of rotatable bonds is 6. The zero-order valence-corrected chi connectivity index (χ0v) is 15.9. The quantitative estimate of drug-likeness (QED) is 0.281. The van der Waals surface area contributed by atoms with Gasteiger partial charge in [0.15, 0.2) is 23.7 Å². The number of aromatic nitrogens is 2. The number of nitrogens with one attached hydrogen (secondary N) is 1. The van der Waals surface area contributed by atoms with Gasteiger partial charge >= 0.3 is 5.97 Å². The molecule has 150 valence electrons. The van der Waals surface area contributed by atoms with Gasteiger partial charge in [-0.15, -0.1) is 11.3 Å². The Morgan fingerprint density at radius 2 is 2.10 bits per heavy atom. The SMILES string of the molecule is O=C(COC(=O)c1ccc2ocnc2c1)Nc1nc(-c2cccc([N+](=O)[O-])c2)cs1. The van der Waals surface area contributed by atoms with Crippen LogP contribution < -0.4 is 5.32 Å². The molecule has 0 unspecified atom stereocenters. The second-order valence-electron chi connectivity index (χ2n) is 6.00. The number of amides is 1. The molecule has 0 atom stereocenters. The van der Waals surface area contributed by atoms with E-state index in [0.29, 0.717) is 22.4 Å². The number of hydrogen-bond donors (Lipinski definition) is 1. The van der Waals surface area contributed by atoms with Gasteiger partial charge in [0.05, 0.1) is 16.2 Å². The van der Waals surface area contributed by atoms with Gasteiger partial charge < -0.3 is 9.15 Å². The van der Waals surface area contributed by atoms with Gasteiger partial charge in [-0.25, -0.2) is 14.8 Å². The van der Waals surface area contributed by atoms with Gasteiger partial charge in [0.2, 0.25) is 0 Å². The van der Waals surface area contributed by atoms with Gasteiger partial charge in [-0.05, 0) is 18.2 Å². The number of anilines is 1. The Morgan fingerprint density at radius 1 is 1.23 bits per heavy atom. The van der Waals surface area contributed by atoms with E-state index in [2.05, 4.69) is 15.3 Å². The maximum absolute atomic E-state index is 12.1. The van der Waals surface area contributed by atoms with E-state index in [1.165, 1.54) is 30.7 Å². The van der Waals surface area contributed by atoms with E-state index >= 15 is 0 Å². The van der Waals surface area contributed by atoms with Crippen molar-refractivity contribution in [3.63, 3.8) is 0 Å². The standard InChI is InChI=1S/C19H12N4O6S/c24-17(8-28-18(25)12-4-5-16-14(7-12)20-10-29-16)22-19-21-15(9-30-19)11-2-1-3-13(6-11)23(26)27/h1-7,9-10H,8H2,(H,21,22,24). The minimum Gasteiger partial charge on any atom is -0.452 e. The zero-order valence-electron chi connectivity index (χ0n) is 15.1. The zero-order chi connectivity index (χ0) is 21.1. The number of nitro groups is 1. The predicted molar refractivity (Wildman–Crippen MR) is 107 cm³/mol. The molecule has 0 saturated heterocycles. The highest BCUT2D eigenvalue weighted by Crippen LogP contribution is 2.27. The lowest BCUT2D eigenvalue weighted by atomic mass is 10.1. The molecule has 0 saturated carbocycles. The molecule has 0 aliphatic heterocycles. The van der Waals surface area contributed by atoms with E-state index in [1.807, 2.05) is 0 Å². The highest BCUT2D eigenvalue weighted by atomic mass is 32.1. The number of thiazole rings is 1. The van der Waals surface area contributed by atoms with Gasteiger partial charge in [-0.2, -0.15) is 0 Å². The van der Waals surface area contributed by atoms with Crippen molar-refractivity contribution in [1.82, 2.24) is 9.97 Å². The number of non-ortho nitro benzene ring substituents is 1. The molecule has 1 N–H and O–H groups in total. The first-order valence-electron chi connectivity index (χ1n) is 8.50. The summed E-state index contributed by atoms with van der Waals surface area (Å²) < 4.78 is 10.1. The molecule has 0 fully saturated rings. The lowest BCUT2D eigenvalue weighted by Crippen LogP contribution is -2.20. The highest BCUT2D eigenvalue weighted by molar-refractivity contribution is 7.14. The summed E-state index contributed by atoms with van der Waals surface area (Å²) in [7, 11) is 0. The average Bonchev–Trinajstić information content (AvgIpc) is 3.41. The van der Waals surface area contributed by atoms with Crippen LogP contribution in [0.2, 0.25) is 0 Å². The van der Waals surface area contributed by atoms with Crippen molar-refractivity contribution >= 4 is 45.1 Å². The molecule has 0 spiro atoms. The molecule has 0 radical (unpaired) electrons. The minimum absolute atomic E-state index is 0.0539. The number of ether oxygens (including phenoxy) is 1. The summed E-state index contributed by atoms with van der Waals surface area (Å²) in [5.74, 6) is -1.24. The molecule has 0 aliphatic carbocycles. The first-order chi connectivity index (χ1) is 14.5. The number of nitrogens with zero attached hydrogens (tertiary/aromatic N) is 3. The van der Waals surface area contributed by atoms with Gasteiger partial charge in [0.1, 0.15) is 5.52 Å². The predicted octanol–water partition coefficient (Wildman–Crippen LogP) is 3.66. The van der Waals surface area contributed by atoms with Crippen molar-refractivity contribution in [2.75, 3.05) is 11.9 Å². The van der Waals surface area contributed by atoms with Crippen molar-refractivity contribution in [3.8, 4) is 11.3 Å². The first kappa shape index (κ1) is 19.2. The smallest absolute Gasteiger partial charge is 0.338 e. The lowest BCUT2D eigenvalue weighted by molar-refractivity contribution is -0.384. The van der Waals surface area contributed by atoms with E-state index in [1.54, 1.807) is 23.6 Å². The van der Waals surface area contributed by atoms with E-state index < -0.39 is 23.4 Å². The van der Waals surface area contributed by atoms with Crippen LogP contribution in [0, 0.1) is 10.1 Å². The van der Waals surface area contributed by atoms with Gasteiger partial charge in [-0.3, -0.25) is 20.2 Å². The molecule has 0 aliphatic rings. The van der Waals surface area contributed by atoms with Crippen LogP contribution in [-0.4, -0.2) is 33.4 Å². The summed E-state index contributed by atoms with van der Waals surface area (Å²) >= 11 is 1.15. The Kier molecular flexibility index (Phi) is 5.18. The van der Waals surface area contributed by atoms with E-state index in [9.17, 15) is 19.7 Å². The molecule has 2 heterocycles. The van der Waals surface area contributed by atoms with Crippen LogP contribution in [0.25, 0.3) is 22.4 Å². The molecule has 2 aromatic carbocycles. The maximum atomic E-state index is 12.1. The maximum Gasteiger partial charge on any atom is 0.338 e. The summed E-state index contributed by atoms with van der Waals surface area (Å²) in [6.45, 7) is -0.499. The number of hydrogen-bond acceptors (Lipinski definition) is 9. The molecular weight excluding hydrogens is 412 g/mol. The largest absolute Gasteiger partial charge is 0.452 e. The van der Waals surface area contributed by atoms with E-state index in [4.69, 9.17) is 9.15 Å². The topological polar surface area (TPSA) is 137 Å². The fraction of sp³-hybridized carbons (Fsp3) is 0.0526. The lowest BCUT2D eigenvalue weighted by Gasteiger charge is -2.04. The molecular formula is C19H12N4O6S. The van der Waals surface area contributed by atoms with E-state index in [0.717, 1.165) is 11.3 Å². The summed E-state index contributed by atoms with van der Waals surface area (Å²) in [5.41, 5.74) is 2.26. The third kappa shape index (κ3) is 4.15. The number of fused-ring (bicyclic) bond motifs is 1. The van der Waals surface area contributed by atoms with Crippen molar-refractivity contribution in [2.24, 2.45) is 0 Å².